The maximum Gasteiger partial charge on any atom is 0.308 e. The van der Waals surface area contributed by atoms with Gasteiger partial charge < -0.3 is 10.1 Å². The predicted octanol–water partition coefficient (Wildman–Crippen LogP) is 3.28. The highest BCUT2D eigenvalue weighted by Gasteiger charge is 2.27. The highest BCUT2D eigenvalue weighted by molar-refractivity contribution is 5.72. The van der Waals surface area contributed by atoms with Crippen molar-refractivity contribution >= 4 is 5.97 Å². The first-order valence-corrected chi connectivity index (χ1v) is 8.19. The van der Waals surface area contributed by atoms with Crippen LogP contribution in [0.2, 0.25) is 0 Å². The van der Waals surface area contributed by atoms with Crippen molar-refractivity contribution in [1.82, 2.24) is 5.32 Å². The summed E-state index contributed by atoms with van der Waals surface area (Å²) >= 11 is 0. The largest absolute Gasteiger partial charge is 0.466 e. The Balaban J connectivity index is 1.61. The highest BCUT2D eigenvalue weighted by Crippen LogP contribution is 2.27. The Morgan fingerprint density at radius 3 is 2.37 bits per heavy atom. The highest BCUT2D eigenvalue weighted by atomic mass is 16.5. The van der Waals surface area contributed by atoms with Gasteiger partial charge in [-0.15, -0.1) is 0 Å². The molecule has 0 heterocycles. The van der Waals surface area contributed by atoms with Crippen molar-refractivity contribution in [2.75, 3.05) is 13.2 Å². The van der Waals surface area contributed by atoms with Gasteiger partial charge in [0.2, 0.25) is 0 Å². The van der Waals surface area contributed by atoms with E-state index in [1.807, 2.05) is 6.92 Å². The van der Waals surface area contributed by atoms with E-state index in [0.717, 1.165) is 31.6 Å². The molecular formula is C16H29NO2. The van der Waals surface area contributed by atoms with Gasteiger partial charge >= 0.3 is 5.97 Å². The first-order chi connectivity index (χ1) is 9.29. The van der Waals surface area contributed by atoms with Gasteiger partial charge in [-0.1, -0.05) is 19.3 Å². The summed E-state index contributed by atoms with van der Waals surface area (Å²) in [5.41, 5.74) is 0. The van der Waals surface area contributed by atoms with Crippen LogP contribution in [0, 0.1) is 11.8 Å². The normalized spacial score (nSPS) is 29.1. The first kappa shape index (κ1) is 14.8. The fraction of sp³-hybridized carbons (Fsp3) is 0.938. The van der Waals surface area contributed by atoms with Gasteiger partial charge in [0.1, 0.15) is 0 Å². The van der Waals surface area contributed by atoms with Crippen LogP contribution >= 0.6 is 0 Å². The van der Waals surface area contributed by atoms with Gasteiger partial charge in [0.05, 0.1) is 12.5 Å². The van der Waals surface area contributed by atoms with Gasteiger partial charge in [-0.25, -0.2) is 0 Å². The Hall–Kier alpha value is -0.570. The summed E-state index contributed by atoms with van der Waals surface area (Å²) in [6.07, 6.45) is 11.4. The van der Waals surface area contributed by atoms with E-state index >= 15 is 0 Å². The molecule has 0 atom stereocenters. The van der Waals surface area contributed by atoms with Crippen LogP contribution in [-0.2, 0) is 9.53 Å². The lowest BCUT2D eigenvalue weighted by atomic mass is 9.85. The van der Waals surface area contributed by atoms with Crippen molar-refractivity contribution in [1.29, 1.82) is 0 Å². The molecule has 2 saturated carbocycles. The van der Waals surface area contributed by atoms with E-state index in [4.69, 9.17) is 4.74 Å². The van der Waals surface area contributed by atoms with Gasteiger partial charge in [0, 0.05) is 6.04 Å². The maximum absolute atomic E-state index is 11.7. The second-order valence-corrected chi connectivity index (χ2v) is 6.21. The molecule has 2 aliphatic rings. The molecule has 0 radical (unpaired) electrons. The van der Waals surface area contributed by atoms with Crippen molar-refractivity contribution in [3.05, 3.63) is 0 Å². The summed E-state index contributed by atoms with van der Waals surface area (Å²) in [6, 6.07) is 0.632. The van der Waals surface area contributed by atoms with Crippen LogP contribution in [0.4, 0.5) is 0 Å². The second kappa shape index (κ2) is 7.88. The molecule has 0 aromatic carbocycles. The minimum absolute atomic E-state index is 0.0215. The number of hydrogen-bond acceptors (Lipinski definition) is 3. The minimum atomic E-state index is 0.0215. The van der Waals surface area contributed by atoms with Gasteiger partial charge in [0.25, 0.3) is 0 Å². The van der Waals surface area contributed by atoms with E-state index in [-0.39, 0.29) is 11.9 Å². The molecule has 1 N–H and O–H groups in total. The molecule has 0 spiro atoms. The average molecular weight is 267 g/mol. The maximum atomic E-state index is 11.7. The molecule has 2 fully saturated rings. The lowest BCUT2D eigenvalue weighted by Gasteiger charge is -2.30. The van der Waals surface area contributed by atoms with E-state index in [0.29, 0.717) is 12.6 Å². The van der Waals surface area contributed by atoms with Crippen molar-refractivity contribution in [3.8, 4) is 0 Å². The second-order valence-electron chi connectivity index (χ2n) is 6.21. The van der Waals surface area contributed by atoms with Gasteiger partial charge in [-0.2, -0.15) is 0 Å². The number of carbonyl (C=O) groups excluding carboxylic acids is 1. The number of carbonyl (C=O) groups is 1. The number of nitrogens with one attached hydrogen (secondary N) is 1. The summed E-state index contributed by atoms with van der Waals surface area (Å²) in [5, 5.41) is 3.73. The molecule has 19 heavy (non-hydrogen) atoms. The standard InChI is InChI=1S/C16H29NO2/c1-2-19-16(18)14-8-10-15(11-9-14)17-12-13-6-4-3-5-7-13/h13-15,17H,2-12H2,1H3. The van der Waals surface area contributed by atoms with Crippen LogP contribution in [0.5, 0.6) is 0 Å². The van der Waals surface area contributed by atoms with Crippen LogP contribution in [-0.4, -0.2) is 25.2 Å². The topological polar surface area (TPSA) is 38.3 Å². The molecule has 0 saturated heterocycles. The van der Waals surface area contributed by atoms with Crippen LogP contribution < -0.4 is 5.32 Å². The van der Waals surface area contributed by atoms with Crippen LogP contribution in [0.3, 0.4) is 0 Å². The third kappa shape index (κ3) is 4.79. The molecule has 0 aliphatic heterocycles. The Labute approximate surface area is 117 Å². The fourth-order valence-electron chi connectivity index (χ4n) is 3.52. The summed E-state index contributed by atoms with van der Waals surface area (Å²) in [4.78, 5) is 11.7. The van der Waals surface area contributed by atoms with E-state index in [2.05, 4.69) is 5.32 Å². The third-order valence-corrected chi connectivity index (χ3v) is 4.77. The molecule has 2 aliphatic carbocycles. The Morgan fingerprint density at radius 2 is 1.74 bits per heavy atom. The summed E-state index contributed by atoms with van der Waals surface area (Å²) in [6.45, 7) is 3.59. The predicted molar refractivity (Wildman–Crippen MR) is 77.0 cm³/mol. The minimum Gasteiger partial charge on any atom is -0.466 e. The van der Waals surface area contributed by atoms with E-state index < -0.39 is 0 Å². The molecule has 110 valence electrons. The molecule has 3 heteroatoms. The zero-order valence-electron chi connectivity index (χ0n) is 12.3. The Kier molecular flexibility index (Phi) is 6.15. The summed E-state index contributed by atoms with van der Waals surface area (Å²) in [5.74, 6) is 1.08. The van der Waals surface area contributed by atoms with E-state index in [9.17, 15) is 4.79 Å². The average Bonchev–Trinajstić information content (AvgIpc) is 2.47. The quantitative estimate of drug-likeness (QED) is 0.777. The summed E-state index contributed by atoms with van der Waals surface area (Å²) in [7, 11) is 0. The molecule has 0 aromatic heterocycles. The van der Waals surface area contributed by atoms with Gasteiger partial charge in [-0.3, -0.25) is 4.79 Å². The lowest BCUT2D eigenvalue weighted by molar-refractivity contribution is -0.149. The zero-order valence-corrected chi connectivity index (χ0v) is 12.3. The molecule has 3 nitrogen and oxygen atoms in total. The van der Waals surface area contributed by atoms with Gasteiger partial charge in [-0.05, 0) is 57.9 Å². The SMILES string of the molecule is CCOC(=O)C1CCC(NCC2CCCCC2)CC1. The van der Waals surface area contributed by atoms with E-state index in [1.165, 1.54) is 38.6 Å². The number of esters is 1. The fourth-order valence-corrected chi connectivity index (χ4v) is 3.52. The van der Waals surface area contributed by atoms with Crippen molar-refractivity contribution in [2.24, 2.45) is 11.8 Å². The first-order valence-electron chi connectivity index (χ1n) is 8.19. The Bertz CT molecular complexity index is 266. The molecule has 2 rings (SSSR count). The molecular weight excluding hydrogens is 238 g/mol. The number of rotatable bonds is 5. The Morgan fingerprint density at radius 1 is 1.05 bits per heavy atom. The third-order valence-electron chi connectivity index (χ3n) is 4.77. The lowest BCUT2D eigenvalue weighted by Crippen LogP contribution is -2.38. The molecule has 0 bridgehead atoms. The van der Waals surface area contributed by atoms with Crippen LogP contribution in [0.15, 0.2) is 0 Å². The zero-order chi connectivity index (χ0) is 13.5. The molecule has 0 aromatic rings. The number of ether oxygens (including phenoxy) is 1. The van der Waals surface area contributed by atoms with Crippen molar-refractivity contribution < 1.29 is 9.53 Å². The van der Waals surface area contributed by atoms with E-state index in [1.54, 1.807) is 0 Å². The molecule has 0 unspecified atom stereocenters. The van der Waals surface area contributed by atoms with Crippen molar-refractivity contribution in [3.63, 3.8) is 0 Å². The van der Waals surface area contributed by atoms with Crippen LogP contribution in [0.1, 0.15) is 64.7 Å². The monoisotopic (exact) mass is 267 g/mol. The summed E-state index contributed by atoms with van der Waals surface area (Å²) < 4.78 is 5.11. The van der Waals surface area contributed by atoms with Crippen LogP contribution in [0.25, 0.3) is 0 Å². The van der Waals surface area contributed by atoms with Crippen molar-refractivity contribution in [2.45, 2.75) is 70.8 Å². The number of hydrogen-bond donors (Lipinski definition) is 1. The molecule has 0 amide bonds. The van der Waals surface area contributed by atoms with Gasteiger partial charge in [0.15, 0.2) is 0 Å². The smallest absolute Gasteiger partial charge is 0.308 e.